The summed E-state index contributed by atoms with van der Waals surface area (Å²) >= 11 is 4.45. The fourth-order valence-electron chi connectivity index (χ4n) is 2.29. The summed E-state index contributed by atoms with van der Waals surface area (Å²) in [5.41, 5.74) is 1.06. The summed E-state index contributed by atoms with van der Waals surface area (Å²) < 4.78 is 17.3. The predicted molar refractivity (Wildman–Crippen MR) is 67.1 cm³/mol. The second kappa shape index (κ2) is 4.98. The highest BCUT2D eigenvalue weighted by Crippen LogP contribution is 2.32. The van der Waals surface area contributed by atoms with Gasteiger partial charge in [0.1, 0.15) is 6.10 Å². The molecule has 2 aliphatic heterocycles. The van der Waals surface area contributed by atoms with Gasteiger partial charge in [-0.25, -0.2) is 0 Å². The van der Waals surface area contributed by atoms with E-state index in [9.17, 15) is 0 Å². The maximum Gasteiger partial charge on any atom is 0.184 e. The molecule has 17 heavy (non-hydrogen) atoms. The average molecular weight is 252 g/mol. The smallest absolute Gasteiger partial charge is 0.184 e. The Bertz CT molecular complexity index is 370. The monoisotopic (exact) mass is 252 g/mol. The van der Waals surface area contributed by atoms with Gasteiger partial charge in [0.2, 0.25) is 0 Å². The third-order valence-electron chi connectivity index (χ3n) is 3.20. The molecule has 4 atom stereocenters. The van der Waals surface area contributed by atoms with E-state index in [0.717, 1.165) is 12.0 Å². The van der Waals surface area contributed by atoms with E-state index >= 15 is 0 Å². The van der Waals surface area contributed by atoms with E-state index in [1.165, 1.54) is 0 Å². The number of benzene rings is 1. The van der Waals surface area contributed by atoms with E-state index in [1.54, 1.807) is 0 Å². The van der Waals surface area contributed by atoms with Gasteiger partial charge in [0.15, 0.2) is 6.29 Å². The van der Waals surface area contributed by atoms with Crippen molar-refractivity contribution >= 4 is 12.6 Å². The summed E-state index contributed by atoms with van der Waals surface area (Å²) in [5.74, 6) is 0. The molecule has 3 rings (SSSR count). The van der Waals surface area contributed by atoms with Gasteiger partial charge in [-0.2, -0.15) is 12.6 Å². The zero-order valence-electron chi connectivity index (χ0n) is 9.49. The summed E-state index contributed by atoms with van der Waals surface area (Å²) in [6, 6.07) is 10.0. The highest BCUT2D eigenvalue weighted by Gasteiger charge is 2.37. The molecule has 2 saturated heterocycles. The van der Waals surface area contributed by atoms with Crippen molar-refractivity contribution in [2.75, 3.05) is 13.2 Å². The van der Waals surface area contributed by atoms with Crippen LogP contribution in [0.2, 0.25) is 0 Å². The van der Waals surface area contributed by atoms with Crippen LogP contribution in [0.4, 0.5) is 0 Å². The number of rotatable bonds is 1. The second-order valence-electron chi connectivity index (χ2n) is 4.51. The van der Waals surface area contributed by atoms with Gasteiger partial charge in [-0.15, -0.1) is 0 Å². The molecule has 1 unspecified atom stereocenters. The first-order valence-electron chi connectivity index (χ1n) is 5.94. The Balaban J connectivity index is 1.70. The number of thiol groups is 1. The van der Waals surface area contributed by atoms with Crippen molar-refractivity contribution in [3.63, 3.8) is 0 Å². The number of fused-ring (bicyclic) bond motifs is 1. The molecule has 1 aromatic carbocycles. The maximum atomic E-state index is 5.95. The van der Waals surface area contributed by atoms with E-state index in [1.807, 2.05) is 30.3 Å². The van der Waals surface area contributed by atoms with Crippen molar-refractivity contribution in [2.45, 2.75) is 30.2 Å². The van der Waals surface area contributed by atoms with Crippen LogP contribution in [0.25, 0.3) is 0 Å². The first-order valence-corrected chi connectivity index (χ1v) is 6.46. The van der Waals surface area contributed by atoms with Crippen molar-refractivity contribution in [3.8, 4) is 0 Å². The van der Waals surface area contributed by atoms with Crippen molar-refractivity contribution in [2.24, 2.45) is 0 Å². The van der Waals surface area contributed by atoms with E-state index < -0.39 is 0 Å². The molecule has 0 N–H and O–H groups in total. The molecular formula is C13H16O3S. The van der Waals surface area contributed by atoms with E-state index in [4.69, 9.17) is 14.2 Å². The number of ether oxygens (including phenoxy) is 3. The minimum absolute atomic E-state index is 0.0679. The van der Waals surface area contributed by atoms with Crippen molar-refractivity contribution in [3.05, 3.63) is 35.9 Å². The Hall–Kier alpha value is -0.550. The SMILES string of the molecule is S[C@@H]1CO[C@@H]2COC(c3ccccc3)O[C@H]2C1. The lowest BCUT2D eigenvalue weighted by Gasteiger charge is -2.40. The molecule has 0 aliphatic carbocycles. The zero-order chi connectivity index (χ0) is 11.7. The molecule has 0 amide bonds. The molecule has 4 heteroatoms. The van der Waals surface area contributed by atoms with Crippen LogP contribution in [0.3, 0.4) is 0 Å². The molecule has 0 bridgehead atoms. The Morgan fingerprint density at radius 1 is 1.00 bits per heavy atom. The normalized spacial score (nSPS) is 37.5. The van der Waals surface area contributed by atoms with Gasteiger partial charge < -0.3 is 14.2 Å². The van der Waals surface area contributed by atoms with Crippen LogP contribution in [-0.4, -0.2) is 30.7 Å². The van der Waals surface area contributed by atoms with Crippen molar-refractivity contribution in [1.29, 1.82) is 0 Å². The van der Waals surface area contributed by atoms with Gasteiger partial charge >= 0.3 is 0 Å². The van der Waals surface area contributed by atoms with Crippen molar-refractivity contribution in [1.82, 2.24) is 0 Å². The third-order valence-corrected chi connectivity index (χ3v) is 3.56. The second-order valence-corrected chi connectivity index (χ2v) is 5.24. The molecular weight excluding hydrogens is 236 g/mol. The van der Waals surface area contributed by atoms with Crippen LogP contribution in [0.5, 0.6) is 0 Å². The maximum absolute atomic E-state index is 5.95. The summed E-state index contributed by atoms with van der Waals surface area (Å²) in [6.45, 7) is 1.29. The molecule has 0 aromatic heterocycles. The lowest BCUT2D eigenvalue weighted by molar-refractivity contribution is -0.276. The third kappa shape index (κ3) is 2.50. The Morgan fingerprint density at radius 3 is 2.65 bits per heavy atom. The molecule has 0 spiro atoms. The summed E-state index contributed by atoms with van der Waals surface area (Å²) in [4.78, 5) is 0. The molecule has 1 aromatic rings. The molecule has 0 saturated carbocycles. The lowest BCUT2D eigenvalue weighted by Crippen LogP contribution is -2.48. The summed E-state index contributed by atoms with van der Waals surface area (Å²) in [5, 5.41) is 0.269. The highest BCUT2D eigenvalue weighted by atomic mass is 32.1. The zero-order valence-corrected chi connectivity index (χ0v) is 10.4. The van der Waals surface area contributed by atoms with E-state index in [0.29, 0.717) is 13.2 Å². The largest absolute Gasteiger partial charge is 0.372 e. The predicted octanol–water partition coefficient (Wildman–Crippen LogP) is 2.19. The standard InChI is InChI=1S/C13H16O3S/c17-10-6-11-12(14-7-10)8-15-13(16-11)9-4-2-1-3-5-9/h1-5,10-13,17H,6-8H2/t10-,11-,12+,13?/m0/s1. The van der Waals surface area contributed by atoms with Crippen LogP contribution in [0.15, 0.2) is 30.3 Å². The van der Waals surface area contributed by atoms with Gasteiger partial charge in [-0.05, 0) is 6.42 Å². The minimum Gasteiger partial charge on any atom is -0.372 e. The van der Waals surface area contributed by atoms with Crippen LogP contribution < -0.4 is 0 Å². The van der Waals surface area contributed by atoms with Gasteiger partial charge in [-0.1, -0.05) is 30.3 Å². The number of hydrogen-bond acceptors (Lipinski definition) is 4. The van der Waals surface area contributed by atoms with Crippen LogP contribution in [0.1, 0.15) is 18.3 Å². The fourth-order valence-corrected chi connectivity index (χ4v) is 2.59. The van der Waals surface area contributed by atoms with Gasteiger partial charge in [0, 0.05) is 10.8 Å². The summed E-state index contributed by atoms with van der Waals surface area (Å²) in [7, 11) is 0. The van der Waals surface area contributed by atoms with Crippen LogP contribution in [0, 0.1) is 0 Å². The summed E-state index contributed by atoms with van der Waals surface area (Å²) in [6.07, 6.45) is 0.837. The molecule has 0 radical (unpaired) electrons. The van der Waals surface area contributed by atoms with Crippen LogP contribution in [-0.2, 0) is 14.2 Å². The molecule has 2 aliphatic rings. The van der Waals surface area contributed by atoms with Gasteiger partial charge in [0.05, 0.1) is 19.3 Å². The van der Waals surface area contributed by atoms with Gasteiger partial charge in [-0.3, -0.25) is 0 Å². The molecule has 92 valence electrons. The molecule has 3 nitrogen and oxygen atoms in total. The van der Waals surface area contributed by atoms with Crippen LogP contribution >= 0.6 is 12.6 Å². The first kappa shape index (κ1) is 11.5. The Morgan fingerprint density at radius 2 is 1.82 bits per heavy atom. The fraction of sp³-hybridized carbons (Fsp3) is 0.538. The Labute approximate surface area is 106 Å². The van der Waals surface area contributed by atoms with E-state index in [-0.39, 0.29) is 23.7 Å². The molecule has 2 heterocycles. The van der Waals surface area contributed by atoms with Crippen molar-refractivity contribution < 1.29 is 14.2 Å². The Kier molecular flexibility index (Phi) is 3.38. The number of hydrogen-bond donors (Lipinski definition) is 1. The van der Waals surface area contributed by atoms with Gasteiger partial charge in [0.25, 0.3) is 0 Å². The molecule has 2 fully saturated rings. The first-order chi connectivity index (χ1) is 8.33. The minimum atomic E-state index is -0.264. The highest BCUT2D eigenvalue weighted by molar-refractivity contribution is 7.81. The average Bonchev–Trinajstić information content (AvgIpc) is 2.39. The lowest BCUT2D eigenvalue weighted by atomic mass is 10.0. The topological polar surface area (TPSA) is 27.7 Å². The van der Waals surface area contributed by atoms with E-state index in [2.05, 4.69) is 12.6 Å². The quantitative estimate of drug-likeness (QED) is 0.776.